The summed E-state index contributed by atoms with van der Waals surface area (Å²) >= 11 is 0. The second-order valence-electron chi connectivity index (χ2n) is 4.92. The van der Waals surface area contributed by atoms with E-state index in [4.69, 9.17) is 0 Å². The first-order valence-electron chi connectivity index (χ1n) is 5.01. The maximum Gasteiger partial charge on any atom is 0.0596 e. The van der Waals surface area contributed by atoms with E-state index >= 15 is 0 Å². The van der Waals surface area contributed by atoms with Crippen LogP contribution in [0.4, 0.5) is 0 Å². The Balaban J connectivity index is 0.000000422. The van der Waals surface area contributed by atoms with E-state index in [1.54, 1.807) is 0 Å². The van der Waals surface area contributed by atoms with Crippen molar-refractivity contribution in [2.24, 2.45) is 23.7 Å². The Labute approximate surface area is 92.1 Å². The molecule has 0 spiro atoms. The molecule has 4 aliphatic carbocycles. The van der Waals surface area contributed by atoms with Crippen LogP contribution in [0.1, 0.15) is 32.1 Å². The highest BCUT2D eigenvalue weighted by molar-refractivity contribution is 5.85. The number of hydrogen-bond acceptors (Lipinski definition) is 1. The minimum atomic E-state index is 0. The fraction of sp³-hybridized carbons (Fsp3) is 1.00. The fourth-order valence-corrected chi connectivity index (χ4v) is 3.90. The van der Waals surface area contributed by atoms with Crippen molar-refractivity contribution in [1.29, 1.82) is 0 Å². The summed E-state index contributed by atoms with van der Waals surface area (Å²) in [5.41, 5.74) is 0. The molecule has 0 atom stereocenters. The zero-order valence-corrected chi connectivity index (χ0v) is 9.32. The van der Waals surface area contributed by atoms with Gasteiger partial charge in [-0.05, 0) is 55.8 Å². The van der Waals surface area contributed by atoms with Gasteiger partial charge in [0.15, 0.2) is 0 Å². The van der Waals surface area contributed by atoms with Crippen molar-refractivity contribution < 1.29 is 5.11 Å². The Hall–Kier alpha value is 0.540. The van der Waals surface area contributed by atoms with Gasteiger partial charge in [-0.2, -0.15) is 0 Å². The van der Waals surface area contributed by atoms with Crippen LogP contribution in [-0.2, 0) is 0 Å². The van der Waals surface area contributed by atoms with Gasteiger partial charge in [-0.3, -0.25) is 0 Å². The molecule has 4 aliphatic rings. The summed E-state index contributed by atoms with van der Waals surface area (Å²) in [4.78, 5) is 0. The molecule has 78 valence electrons. The summed E-state index contributed by atoms with van der Waals surface area (Å²) < 4.78 is 0. The van der Waals surface area contributed by atoms with Gasteiger partial charge >= 0.3 is 0 Å². The van der Waals surface area contributed by atoms with Gasteiger partial charge in [-0.15, -0.1) is 24.8 Å². The Morgan fingerprint density at radius 2 is 1.08 bits per heavy atom. The molecule has 0 saturated heterocycles. The minimum absolute atomic E-state index is 0. The van der Waals surface area contributed by atoms with E-state index in [-0.39, 0.29) is 30.9 Å². The van der Waals surface area contributed by atoms with Crippen molar-refractivity contribution in [2.45, 2.75) is 38.2 Å². The van der Waals surface area contributed by atoms with Gasteiger partial charge in [0.1, 0.15) is 0 Å². The number of halogens is 2. The fourth-order valence-electron chi connectivity index (χ4n) is 3.90. The number of hydrogen-bond donors (Lipinski definition) is 1. The molecule has 3 heteroatoms. The van der Waals surface area contributed by atoms with E-state index < -0.39 is 0 Å². The summed E-state index contributed by atoms with van der Waals surface area (Å²) in [6.07, 6.45) is 6.94. The lowest BCUT2D eigenvalue weighted by Gasteiger charge is -2.52. The first-order chi connectivity index (χ1) is 5.33. The standard InChI is InChI=1S/C10H16O.2ClH/c11-10-8-2-6-1-7(4-8)5-9(10)3-6;;/h6-11H,1-5H2;2*1H. The van der Waals surface area contributed by atoms with E-state index in [1.807, 2.05) is 0 Å². The van der Waals surface area contributed by atoms with Crippen molar-refractivity contribution in [2.75, 3.05) is 0 Å². The lowest BCUT2D eigenvalue weighted by Crippen LogP contribution is -2.48. The van der Waals surface area contributed by atoms with E-state index in [2.05, 4.69) is 0 Å². The summed E-state index contributed by atoms with van der Waals surface area (Å²) in [5, 5.41) is 9.83. The van der Waals surface area contributed by atoms with Crippen LogP contribution in [0.5, 0.6) is 0 Å². The molecular weight excluding hydrogens is 207 g/mol. The highest BCUT2D eigenvalue weighted by Crippen LogP contribution is 2.53. The molecule has 1 nitrogen and oxygen atoms in total. The molecule has 0 radical (unpaired) electrons. The number of aliphatic hydroxyl groups is 1. The van der Waals surface area contributed by atoms with Crippen LogP contribution in [0.15, 0.2) is 0 Å². The molecule has 4 saturated carbocycles. The zero-order chi connectivity index (χ0) is 7.42. The third-order valence-corrected chi connectivity index (χ3v) is 4.18. The van der Waals surface area contributed by atoms with Gasteiger partial charge in [0.05, 0.1) is 6.10 Å². The summed E-state index contributed by atoms with van der Waals surface area (Å²) in [6.45, 7) is 0. The Bertz CT molecular complexity index is 156. The summed E-state index contributed by atoms with van der Waals surface area (Å²) in [6, 6.07) is 0. The van der Waals surface area contributed by atoms with E-state index in [1.165, 1.54) is 32.1 Å². The van der Waals surface area contributed by atoms with Crippen LogP contribution in [0.3, 0.4) is 0 Å². The van der Waals surface area contributed by atoms with Crippen LogP contribution in [-0.4, -0.2) is 11.2 Å². The maximum atomic E-state index is 9.83. The molecule has 0 aliphatic heterocycles. The molecule has 1 N–H and O–H groups in total. The highest BCUT2D eigenvalue weighted by Gasteiger charge is 2.47. The van der Waals surface area contributed by atoms with E-state index in [9.17, 15) is 5.11 Å². The molecule has 13 heavy (non-hydrogen) atoms. The van der Waals surface area contributed by atoms with Gasteiger partial charge in [-0.25, -0.2) is 0 Å². The van der Waals surface area contributed by atoms with Crippen LogP contribution in [0.2, 0.25) is 0 Å². The van der Waals surface area contributed by atoms with Gasteiger partial charge in [0, 0.05) is 0 Å². The topological polar surface area (TPSA) is 20.2 Å². The van der Waals surface area contributed by atoms with Crippen molar-refractivity contribution >= 4 is 24.8 Å². The first-order valence-corrected chi connectivity index (χ1v) is 5.01. The molecule has 0 aromatic rings. The lowest BCUT2D eigenvalue weighted by atomic mass is 9.55. The van der Waals surface area contributed by atoms with Crippen LogP contribution in [0.25, 0.3) is 0 Å². The SMILES string of the molecule is Cl.Cl.OC1C2CC3CC(C2)CC1C3. The molecule has 0 aromatic heterocycles. The van der Waals surface area contributed by atoms with Crippen molar-refractivity contribution in [3.8, 4) is 0 Å². The molecule has 0 unspecified atom stereocenters. The molecule has 4 bridgehead atoms. The van der Waals surface area contributed by atoms with Crippen molar-refractivity contribution in [1.82, 2.24) is 0 Å². The molecule has 0 aromatic carbocycles. The Morgan fingerprint density at radius 3 is 1.46 bits per heavy atom. The van der Waals surface area contributed by atoms with Crippen LogP contribution < -0.4 is 0 Å². The minimum Gasteiger partial charge on any atom is -0.393 e. The predicted molar refractivity (Wildman–Crippen MR) is 57.5 cm³/mol. The second kappa shape index (κ2) is 3.96. The molecule has 4 rings (SSSR count). The normalized spacial score (nSPS) is 51.0. The van der Waals surface area contributed by atoms with Gasteiger partial charge < -0.3 is 5.11 Å². The number of aliphatic hydroxyl groups excluding tert-OH is 1. The molecular formula is C10H18Cl2O. The van der Waals surface area contributed by atoms with E-state index in [0.29, 0.717) is 11.8 Å². The maximum absolute atomic E-state index is 9.83. The monoisotopic (exact) mass is 224 g/mol. The zero-order valence-electron chi connectivity index (χ0n) is 7.69. The molecule has 0 amide bonds. The average molecular weight is 225 g/mol. The molecule has 0 heterocycles. The van der Waals surface area contributed by atoms with Gasteiger partial charge in [-0.1, -0.05) is 0 Å². The average Bonchev–Trinajstić information content (AvgIpc) is 1.98. The second-order valence-corrected chi connectivity index (χ2v) is 4.92. The molecule has 4 fully saturated rings. The van der Waals surface area contributed by atoms with Crippen LogP contribution >= 0.6 is 24.8 Å². The third kappa shape index (κ3) is 1.71. The number of rotatable bonds is 0. The quantitative estimate of drug-likeness (QED) is 0.671. The summed E-state index contributed by atoms with van der Waals surface area (Å²) in [7, 11) is 0. The smallest absolute Gasteiger partial charge is 0.0596 e. The van der Waals surface area contributed by atoms with Crippen molar-refractivity contribution in [3.63, 3.8) is 0 Å². The predicted octanol–water partition coefficient (Wildman–Crippen LogP) is 2.65. The van der Waals surface area contributed by atoms with Crippen molar-refractivity contribution in [3.05, 3.63) is 0 Å². The van der Waals surface area contributed by atoms with Gasteiger partial charge in [0.2, 0.25) is 0 Å². The summed E-state index contributed by atoms with van der Waals surface area (Å²) in [5.74, 6) is 3.40. The highest BCUT2D eigenvalue weighted by atomic mass is 35.5. The van der Waals surface area contributed by atoms with Gasteiger partial charge in [0.25, 0.3) is 0 Å². The largest absolute Gasteiger partial charge is 0.393 e. The Kier molecular flexibility index (Phi) is 3.54. The third-order valence-electron chi connectivity index (χ3n) is 4.18. The van der Waals surface area contributed by atoms with Crippen LogP contribution in [0, 0.1) is 23.7 Å². The first kappa shape index (κ1) is 11.6. The lowest BCUT2D eigenvalue weighted by molar-refractivity contribution is -0.0919. The Morgan fingerprint density at radius 1 is 0.692 bits per heavy atom. The van der Waals surface area contributed by atoms with E-state index in [0.717, 1.165) is 11.8 Å².